The molecule has 1 N–H and O–H groups in total. The van der Waals surface area contributed by atoms with Crippen LogP contribution in [0.5, 0.6) is 0 Å². The van der Waals surface area contributed by atoms with Crippen LogP contribution in [-0.2, 0) is 4.74 Å². The van der Waals surface area contributed by atoms with E-state index in [1.807, 2.05) is 0 Å². The van der Waals surface area contributed by atoms with E-state index in [1.165, 1.54) is 19.0 Å². The number of hydrogen-bond donors (Lipinski definition) is 1. The second-order valence-corrected chi connectivity index (χ2v) is 2.90. The molecule has 2 rings (SSSR count). The minimum Gasteiger partial charge on any atom is -0.461 e. The van der Waals surface area contributed by atoms with Crippen LogP contribution in [-0.4, -0.2) is 28.0 Å². The largest absolute Gasteiger partial charge is 0.461 e. The quantitative estimate of drug-likeness (QED) is 0.660. The Balaban J connectivity index is 1.83. The number of hydrogen-bond acceptors (Lipinski definition) is 4. The summed E-state index contributed by atoms with van der Waals surface area (Å²) in [6, 6.07) is 0. The monoisotopic (exact) mass is 167 g/mol. The predicted molar refractivity (Wildman–Crippen MR) is 39.4 cm³/mol. The maximum absolute atomic E-state index is 11.1. The first-order valence-corrected chi connectivity index (χ1v) is 3.89. The van der Waals surface area contributed by atoms with Crippen LogP contribution >= 0.6 is 0 Å². The summed E-state index contributed by atoms with van der Waals surface area (Å²) in [5, 5.41) is 9.47. The van der Waals surface area contributed by atoms with Crippen LogP contribution in [0.4, 0.5) is 0 Å². The molecule has 0 aliphatic heterocycles. The molecule has 1 aliphatic rings. The molecule has 0 unspecified atom stereocenters. The van der Waals surface area contributed by atoms with Crippen LogP contribution in [0, 0.1) is 5.92 Å². The van der Waals surface area contributed by atoms with E-state index in [1.54, 1.807) is 0 Å². The molecule has 1 heterocycles. The normalized spacial score (nSPS) is 16.0. The van der Waals surface area contributed by atoms with Crippen molar-refractivity contribution >= 4 is 5.97 Å². The molecule has 1 fully saturated rings. The zero-order valence-electron chi connectivity index (χ0n) is 6.49. The lowest BCUT2D eigenvalue weighted by atomic mass is 10.4. The van der Waals surface area contributed by atoms with E-state index in [4.69, 9.17) is 4.74 Å². The Morgan fingerprint density at radius 2 is 2.58 bits per heavy atom. The number of nitrogens with zero attached hydrogens (tertiary/aromatic N) is 2. The van der Waals surface area contributed by atoms with Crippen LogP contribution in [0.3, 0.4) is 0 Å². The SMILES string of the molecule is O=C(OCC1CC1)c1cn[nH]n1. The van der Waals surface area contributed by atoms with Gasteiger partial charge in [-0.15, -0.1) is 5.10 Å². The van der Waals surface area contributed by atoms with Crippen molar-refractivity contribution in [3.05, 3.63) is 11.9 Å². The van der Waals surface area contributed by atoms with E-state index in [9.17, 15) is 4.79 Å². The third kappa shape index (κ3) is 1.61. The van der Waals surface area contributed by atoms with Crippen molar-refractivity contribution in [2.24, 2.45) is 5.92 Å². The molecule has 1 saturated carbocycles. The van der Waals surface area contributed by atoms with Gasteiger partial charge in [0.05, 0.1) is 12.8 Å². The van der Waals surface area contributed by atoms with Gasteiger partial charge in [0.2, 0.25) is 0 Å². The number of carbonyl (C=O) groups excluding carboxylic acids is 1. The number of aromatic nitrogens is 3. The van der Waals surface area contributed by atoms with Crippen molar-refractivity contribution in [2.75, 3.05) is 6.61 Å². The molecule has 0 aromatic carbocycles. The summed E-state index contributed by atoms with van der Waals surface area (Å²) in [7, 11) is 0. The first kappa shape index (κ1) is 7.27. The molecular formula is C7H9N3O2. The molecule has 5 nitrogen and oxygen atoms in total. The highest BCUT2D eigenvalue weighted by Crippen LogP contribution is 2.28. The number of esters is 1. The molecule has 1 aromatic rings. The Morgan fingerprint density at radius 3 is 3.17 bits per heavy atom. The predicted octanol–water partition coefficient (Wildman–Crippen LogP) is 0.371. The molecule has 0 spiro atoms. The highest BCUT2D eigenvalue weighted by Gasteiger charge is 2.23. The van der Waals surface area contributed by atoms with Gasteiger partial charge in [0.15, 0.2) is 5.69 Å². The molecule has 12 heavy (non-hydrogen) atoms. The molecular weight excluding hydrogens is 158 g/mol. The molecule has 0 amide bonds. The first-order valence-electron chi connectivity index (χ1n) is 3.89. The van der Waals surface area contributed by atoms with Gasteiger partial charge in [-0.2, -0.15) is 10.3 Å². The number of carbonyl (C=O) groups is 1. The summed E-state index contributed by atoms with van der Waals surface area (Å²) in [4.78, 5) is 11.1. The van der Waals surface area contributed by atoms with Crippen LogP contribution in [0.15, 0.2) is 6.20 Å². The summed E-state index contributed by atoms with van der Waals surface area (Å²) in [6.45, 7) is 0.520. The van der Waals surface area contributed by atoms with E-state index >= 15 is 0 Å². The fourth-order valence-electron chi connectivity index (χ4n) is 0.852. The molecule has 1 aromatic heterocycles. The summed E-state index contributed by atoms with van der Waals surface area (Å²) in [5.41, 5.74) is 0.246. The van der Waals surface area contributed by atoms with E-state index < -0.39 is 5.97 Å². The van der Waals surface area contributed by atoms with Crippen molar-refractivity contribution in [1.82, 2.24) is 15.4 Å². The van der Waals surface area contributed by atoms with Gasteiger partial charge in [0, 0.05) is 0 Å². The second-order valence-electron chi connectivity index (χ2n) is 2.90. The lowest BCUT2D eigenvalue weighted by Crippen LogP contribution is -2.07. The topological polar surface area (TPSA) is 67.9 Å². The number of rotatable bonds is 3. The maximum atomic E-state index is 11.1. The van der Waals surface area contributed by atoms with E-state index in [2.05, 4.69) is 15.4 Å². The van der Waals surface area contributed by atoms with Crippen molar-refractivity contribution in [2.45, 2.75) is 12.8 Å². The van der Waals surface area contributed by atoms with Gasteiger partial charge in [0.25, 0.3) is 0 Å². The molecule has 0 radical (unpaired) electrons. The second kappa shape index (κ2) is 2.92. The smallest absolute Gasteiger partial charge is 0.360 e. The van der Waals surface area contributed by atoms with Crippen molar-refractivity contribution in [1.29, 1.82) is 0 Å². The van der Waals surface area contributed by atoms with Gasteiger partial charge in [-0.05, 0) is 18.8 Å². The van der Waals surface area contributed by atoms with Gasteiger partial charge in [-0.3, -0.25) is 0 Å². The third-order valence-corrected chi connectivity index (χ3v) is 1.77. The van der Waals surface area contributed by atoms with E-state index in [0.717, 1.165) is 0 Å². The Bertz CT molecular complexity index is 266. The Labute approximate surface area is 69.1 Å². The molecule has 0 atom stereocenters. The molecule has 0 saturated heterocycles. The van der Waals surface area contributed by atoms with Gasteiger partial charge in [-0.1, -0.05) is 0 Å². The zero-order chi connectivity index (χ0) is 8.39. The summed E-state index contributed by atoms with van der Waals surface area (Å²) in [5.74, 6) is 0.191. The van der Waals surface area contributed by atoms with Crippen molar-refractivity contribution in [3.8, 4) is 0 Å². The van der Waals surface area contributed by atoms with Gasteiger partial charge in [0.1, 0.15) is 0 Å². The lowest BCUT2D eigenvalue weighted by molar-refractivity contribution is 0.0479. The van der Waals surface area contributed by atoms with Gasteiger partial charge in [-0.25, -0.2) is 4.79 Å². The number of aromatic amines is 1. The Morgan fingerprint density at radius 1 is 1.75 bits per heavy atom. The minimum absolute atomic E-state index is 0.246. The Kier molecular flexibility index (Phi) is 1.77. The third-order valence-electron chi connectivity index (χ3n) is 1.77. The standard InChI is InChI=1S/C7H9N3O2/c11-7(6-3-8-10-9-6)12-4-5-1-2-5/h3,5H,1-2,4H2,(H,8,9,10). The number of nitrogens with one attached hydrogen (secondary N) is 1. The van der Waals surface area contributed by atoms with Gasteiger partial charge < -0.3 is 4.74 Å². The Hall–Kier alpha value is -1.39. The van der Waals surface area contributed by atoms with Crippen LogP contribution in [0.25, 0.3) is 0 Å². The summed E-state index contributed by atoms with van der Waals surface area (Å²) in [6.07, 6.45) is 3.70. The molecule has 5 heteroatoms. The average molecular weight is 167 g/mol. The fourth-order valence-corrected chi connectivity index (χ4v) is 0.852. The minimum atomic E-state index is -0.393. The van der Waals surface area contributed by atoms with Crippen molar-refractivity contribution in [3.63, 3.8) is 0 Å². The lowest BCUT2D eigenvalue weighted by Gasteiger charge is -1.98. The highest BCUT2D eigenvalue weighted by molar-refractivity contribution is 5.86. The van der Waals surface area contributed by atoms with Gasteiger partial charge >= 0.3 is 5.97 Å². The number of ether oxygens (including phenoxy) is 1. The van der Waals surface area contributed by atoms with E-state index in [-0.39, 0.29) is 5.69 Å². The zero-order valence-corrected chi connectivity index (χ0v) is 6.49. The van der Waals surface area contributed by atoms with Crippen molar-refractivity contribution < 1.29 is 9.53 Å². The first-order chi connectivity index (χ1) is 5.86. The summed E-state index contributed by atoms with van der Waals surface area (Å²) < 4.78 is 4.95. The van der Waals surface area contributed by atoms with Crippen LogP contribution in [0.1, 0.15) is 23.3 Å². The maximum Gasteiger partial charge on any atom is 0.360 e. The molecule has 0 bridgehead atoms. The van der Waals surface area contributed by atoms with Crippen LogP contribution in [0.2, 0.25) is 0 Å². The average Bonchev–Trinajstić information content (AvgIpc) is 2.74. The highest BCUT2D eigenvalue weighted by atomic mass is 16.5. The number of H-pyrrole nitrogens is 1. The summed E-state index contributed by atoms with van der Waals surface area (Å²) >= 11 is 0. The molecule has 1 aliphatic carbocycles. The van der Waals surface area contributed by atoms with E-state index in [0.29, 0.717) is 12.5 Å². The fraction of sp³-hybridized carbons (Fsp3) is 0.571. The van der Waals surface area contributed by atoms with Crippen LogP contribution < -0.4 is 0 Å². The molecule has 64 valence electrons.